The summed E-state index contributed by atoms with van der Waals surface area (Å²) in [6.45, 7) is 0. The molecule has 0 amide bonds. The minimum absolute atomic E-state index is 1.20. The van der Waals surface area contributed by atoms with Crippen LogP contribution in [0.25, 0.3) is 0 Å². The summed E-state index contributed by atoms with van der Waals surface area (Å²) in [5, 5.41) is 0. The van der Waals surface area contributed by atoms with Gasteiger partial charge in [0.15, 0.2) is 0 Å². The van der Waals surface area contributed by atoms with Gasteiger partial charge in [0.05, 0.1) is 0 Å². The standard InChI is InChI=1S/C12H18/c1-2-8-5-7(1)11-9-3-4-10(6-9)12(8)11/h7-12H,1-6H2/t7-,8-,9+,10+,11?,12?. The molecule has 0 saturated heterocycles. The van der Waals surface area contributed by atoms with Crippen molar-refractivity contribution in [1.82, 2.24) is 0 Å². The summed E-state index contributed by atoms with van der Waals surface area (Å²) in [5.41, 5.74) is 0. The van der Waals surface area contributed by atoms with E-state index in [2.05, 4.69) is 0 Å². The summed E-state index contributed by atoms with van der Waals surface area (Å²) < 4.78 is 0. The average molecular weight is 162 g/mol. The first-order valence-electron chi connectivity index (χ1n) is 5.93. The van der Waals surface area contributed by atoms with Gasteiger partial charge < -0.3 is 0 Å². The van der Waals surface area contributed by atoms with Gasteiger partial charge >= 0.3 is 0 Å². The molecule has 4 saturated carbocycles. The van der Waals surface area contributed by atoms with E-state index in [4.69, 9.17) is 0 Å². The number of hydrogen-bond acceptors (Lipinski definition) is 0. The van der Waals surface area contributed by atoms with Crippen molar-refractivity contribution in [3.05, 3.63) is 0 Å². The van der Waals surface area contributed by atoms with Crippen LogP contribution < -0.4 is 0 Å². The summed E-state index contributed by atoms with van der Waals surface area (Å²) in [7, 11) is 0. The van der Waals surface area contributed by atoms with Crippen molar-refractivity contribution in [3.63, 3.8) is 0 Å². The molecule has 0 aromatic rings. The second-order valence-corrected chi connectivity index (χ2v) is 5.82. The Hall–Kier alpha value is 0. The third-order valence-corrected chi connectivity index (χ3v) is 5.65. The lowest BCUT2D eigenvalue weighted by atomic mass is 9.71. The predicted octanol–water partition coefficient (Wildman–Crippen LogP) is 3.08. The molecule has 0 aliphatic heterocycles. The molecule has 66 valence electrons. The fraction of sp³-hybridized carbons (Fsp3) is 1.00. The van der Waals surface area contributed by atoms with E-state index in [-0.39, 0.29) is 0 Å². The smallest absolute Gasteiger partial charge is 0.0323 e. The van der Waals surface area contributed by atoms with E-state index in [1.165, 1.54) is 35.5 Å². The zero-order valence-corrected chi connectivity index (χ0v) is 7.71. The summed E-state index contributed by atoms with van der Waals surface area (Å²) in [6, 6.07) is 0. The second-order valence-electron chi connectivity index (χ2n) is 5.82. The summed E-state index contributed by atoms with van der Waals surface area (Å²) in [5.74, 6) is 7.29. The van der Waals surface area contributed by atoms with Crippen molar-refractivity contribution in [3.8, 4) is 0 Å². The predicted molar refractivity (Wildman–Crippen MR) is 48.6 cm³/mol. The Kier molecular flexibility index (Phi) is 1.03. The molecular formula is C12H18. The molecule has 4 rings (SSSR count). The van der Waals surface area contributed by atoms with E-state index in [0.717, 1.165) is 0 Å². The van der Waals surface area contributed by atoms with E-state index in [1.807, 2.05) is 0 Å². The number of hydrogen-bond donors (Lipinski definition) is 0. The molecule has 0 aromatic heterocycles. The highest BCUT2D eigenvalue weighted by atomic mass is 14.6. The topological polar surface area (TPSA) is 0 Å². The SMILES string of the molecule is C1C[C@@H]2C[C@@H]1C1C2[C@H]2CC[C@H]1C2. The van der Waals surface area contributed by atoms with Crippen molar-refractivity contribution in [2.75, 3.05) is 0 Å². The van der Waals surface area contributed by atoms with Gasteiger partial charge in [0.1, 0.15) is 0 Å². The first kappa shape index (κ1) is 6.45. The van der Waals surface area contributed by atoms with Crippen molar-refractivity contribution in [1.29, 1.82) is 0 Å². The molecule has 4 fully saturated rings. The molecule has 12 heavy (non-hydrogen) atoms. The monoisotopic (exact) mass is 162 g/mol. The van der Waals surface area contributed by atoms with E-state index in [0.29, 0.717) is 0 Å². The van der Waals surface area contributed by atoms with Gasteiger partial charge in [0.2, 0.25) is 0 Å². The van der Waals surface area contributed by atoms with Gasteiger partial charge in [-0.05, 0) is 74.0 Å². The maximum Gasteiger partial charge on any atom is -0.0323 e. The molecular weight excluding hydrogens is 144 g/mol. The Morgan fingerprint density at radius 1 is 0.500 bits per heavy atom. The van der Waals surface area contributed by atoms with Crippen molar-refractivity contribution in [2.24, 2.45) is 35.5 Å². The molecule has 0 N–H and O–H groups in total. The third-order valence-electron chi connectivity index (χ3n) is 5.65. The molecule has 4 aliphatic carbocycles. The quantitative estimate of drug-likeness (QED) is 0.480. The molecule has 0 nitrogen and oxygen atoms in total. The van der Waals surface area contributed by atoms with Gasteiger partial charge in [-0.25, -0.2) is 0 Å². The Balaban J connectivity index is 1.77. The molecule has 0 heteroatoms. The summed E-state index contributed by atoms with van der Waals surface area (Å²) in [6.07, 6.45) is 9.71. The lowest BCUT2D eigenvalue weighted by Gasteiger charge is -2.34. The Morgan fingerprint density at radius 2 is 0.833 bits per heavy atom. The molecule has 4 bridgehead atoms. The molecule has 0 spiro atoms. The van der Waals surface area contributed by atoms with Gasteiger partial charge in [-0.2, -0.15) is 0 Å². The highest BCUT2D eigenvalue weighted by Gasteiger charge is 2.59. The van der Waals surface area contributed by atoms with Crippen molar-refractivity contribution < 1.29 is 0 Å². The fourth-order valence-electron chi connectivity index (χ4n) is 5.53. The molecule has 0 heterocycles. The van der Waals surface area contributed by atoms with Crippen LogP contribution in [0.15, 0.2) is 0 Å². The van der Waals surface area contributed by atoms with E-state index in [9.17, 15) is 0 Å². The first-order valence-corrected chi connectivity index (χ1v) is 5.93. The number of rotatable bonds is 0. The highest BCUT2D eigenvalue weighted by Crippen LogP contribution is 2.67. The highest BCUT2D eigenvalue weighted by molar-refractivity contribution is 5.08. The molecule has 0 aromatic carbocycles. The maximum absolute atomic E-state index is 1.64. The van der Waals surface area contributed by atoms with Crippen molar-refractivity contribution in [2.45, 2.75) is 38.5 Å². The normalized spacial score (nSPS) is 66.0. The second kappa shape index (κ2) is 1.91. The van der Waals surface area contributed by atoms with Gasteiger partial charge in [0.25, 0.3) is 0 Å². The van der Waals surface area contributed by atoms with Crippen LogP contribution in [0.5, 0.6) is 0 Å². The van der Waals surface area contributed by atoms with Crippen LogP contribution in [-0.2, 0) is 0 Å². The van der Waals surface area contributed by atoms with E-state index < -0.39 is 0 Å². The number of fused-ring (bicyclic) bond motifs is 9. The lowest BCUT2D eigenvalue weighted by Crippen LogP contribution is -2.27. The molecule has 2 unspecified atom stereocenters. The van der Waals surface area contributed by atoms with Crippen LogP contribution in [0.3, 0.4) is 0 Å². The molecule has 6 atom stereocenters. The zero-order chi connectivity index (χ0) is 7.71. The van der Waals surface area contributed by atoms with Crippen LogP contribution in [-0.4, -0.2) is 0 Å². The van der Waals surface area contributed by atoms with Crippen LogP contribution in [0.1, 0.15) is 38.5 Å². The van der Waals surface area contributed by atoms with Gasteiger partial charge in [0, 0.05) is 0 Å². The Morgan fingerprint density at radius 3 is 1.17 bits per heavy atom. The fourth-order valence-corrected chi connectivity index (χ4v) is 5.53. The van der Waals surface area contributed by atoms with E-state index >= 15 is 0 Å². The maximum atomic E-state index is 1.64. The average Bonchev–Trinajstić information content (AvgIpc) is 2.83. The summed E-state index contributed by atoms with van der Waals surface area (Å²) >= 11 is 0. The minimum Gasteiger partial charge on any atom is -0.0499 e. The largest absolute Gasteiger partial charge is 0.0499 e. The van der Waals surface area contributed by atoms with Gasteiger partial charge in [-0.1, -0.05) is 0 Å². The minimum atomic E-state index is 1.20. The van der Waals surface area contributed by atoms with Crippen LogP contribution in [0.4, 0.5) is 0 Å². The van der Waals surface area contributed by atoms with Crippen molar-refractivity contribution >= 4 is 0 Å². The van der Waals surface area contributed by atoms with Crippen LogP contribution >= 0.6 is 0 Å². The summed E-state index contributed by atoms with van der Waals surface area (Å²) in [4.78, 5) is 0. The van der Waals surface area contributed by atoms with Gasteiger partial charge in [-0.3, -0.25) is 0 Å². The first-order chi connectivity index (χ1) is 5.93. The Labute approximate surface area is 74.7 Å². The molecule has 0 radical (unpaired) electrons. The molecule has 4 aliphatic rings. The lowest BCUT2D eigenvalue weighted by molar-refractivity contribution is 0.146. The van der Waals surface area contributed by atoms with Gasteiger partial charge in [-0.15, -0.1) is 0 Å². The Bertz CT molecular complexity index is 176. The third kappa shape index (κ3) is 0.561. The van der Waals surface area contributed by atoms with E-state index in [1.54, 1.807) is 38.5 Å². The zero-order valence-electron chi connectivity index (χ0n) is 7.71. The van der Waals surface area contributed by atoms with Crippen LogP contribution in [0, 0.1) is 35.5 Å². The van der Waals surface area contributed by atoms with Crippen LogP contribution in [0.2, 0.25) is 0 Å².